The normalized spacial score (nSPS) is 15.0. The standard InChI is InChI=1S/C33H35F3N6O3S/c1-21(2)28-19-27(44-4)13-14-29(28)41-17-18-46-32(41)39-31(43)37-16-15-22(3)23-5-7-24(8-6-23)30-38-20-42(40-30)25-9-11-26(12-10-25)45-33(34,35)36/h5-14,19-22H,15-18H2,1-4H3,(H,37,43)/b39-32-. The first-order valence-corrected chi connectivity index (χ1v) is 15.8. The number of amides is 2. The van der Waals surface area contributed by atoms with E-state index < -0.39 is 6.36 Å². The average Bonchev–Trinajstić information content (AvgIpc) is 3.71. The SMILES string of the molecule is COc1ccc(N2CCS/C2=N\C(=O)NCCC(C)c2ccc(-c3ncn(-c4ccc(OC(F)(F)F)cc4)n3)cc2)c(C(C)C)c1. The minimum Gasteiger partial charge on any atom is -0.497 e. The van der Waals surface area contributed by atoms with Crippen LogP contribution < -0.4 is 19.7 Å². The second kappa shape index (κ2) is 14.3. The minimum atomic E-state index is -4.75. The topological polar surface area (TPSA) is 93.9 Å². The van der Waals surface area contributed by atoms with Crippen LogP contribution in [0.4, 0.5) is 23.7 Å². The van der Waals surface area contributed by atoms with Gasteiger partial charge in [-0.25, -0.2) is 14.5 Å². The van der Waals surface area contributed by atoms with E-state index in [1.807, 2.05) is 42.5 Å². The Labute approximate surface area is 269 Å². The van der Waals surface area contributed by atoms with Gasteiger partial charge in [-0.3, -0.25) is 0 Å². The molecule has 0 aliphatic carbocycles. The molecule has 1 atom stereocenters. The number of rotatable bonds is 10. The van der Waals surface area contributed by atoms with E-state index in [0.717, 1.165) is 46.8 Å². The van der Waals surface area contributed by atoms with E-state index in [4.69, 9.17) is 4.74 Å². The maximum atomic E-state index is 12.8. The molecule has 46 heavy (non-hydrogen) atoms. The molecule has 3 aromatic carbocycles. The summed E-state index contributed by atoms with van der Waals surface area (Å²) in [5, 5.41) is 8.08. The number of aliphatic imine (C=N–C) groups is 1. The summed E-state index contributed by atoms with van der Waals surface area (Å²) in [4.78, 5) is 23.6. The number of nitrogens with one attached hydrogen (secondary N) is 1. The molecule has 0 bridgehead atoms. The van der Waals surface area contributed by atoms with Crippen LogP contribution in [0, 0.1) is 0 Å². The maximum Gasteiger partial charge on any atom is 0.573 e. The number of carbonyl (C=O) groups is 1. The fourth-order valence-electron chi connectivity index (χ4n) is 5.06. The van der Waals surface area contributed by atoms with Crippen molar-refractivity contribution in [3.63, 3.8) is 0 Å². The van der Waals surface area contributed by atoms with Crippen molar-refractivity contribution in [2.45, 2.75) is 45.4 Å². The minimum absolute atomic E-state index is 0.176. The number of halogens is 3. The first kappa shape index (κ1) is 32.9. The lowest BCUT2D eigenvalue weighted by Crippen LogP contribution is -2.29. The molecule has 1 aliphatic rings. The molecule has 1 saturated heterocycles. The number of carbonyl (C=O) groups excluding carboxylic acids is 1. The van der Waals surface area contributed by atoms with E-state index in [2.05, 4.69) is 50.8 Å². The molecule has 1 N–H and O–H groups in total. The van der Waals surface area contributed by atoms with E-state index in [0.29, 0.717) is 23.2 Å². The molecule has 0 radical (unpaired) electrons. The number of amidine groups is 1. The van der Waals surface area contributed by atoms with Crippen molar-refractivity contribution in [1.82, 2.24) is 20.1 Å². The highest BCUT2D eigenvalue weighted by Crippen LogP contribution is 2.35. The fraction of sp³-hybridized carbons (Fsp3) is 0.333. The summed E-state index contributed by atoms with van der Waals surface area (Å²) >= 11 is 1.57. The van der Waals surface area contributed by atoms with Crippen LogP contribution in [-0.4, -0.2) is 58.3 Å². The van der Waals surface area contributed by atoms with Gasteiger partial charge < -0.3 is 19.7 Å². The zero-order valence-corrected chi connectivity index (χ0v) is 26.7. The summed E-state index contributed by atoms with van der Waals surface area (Å²) in [7, 11) is 1.66. The van der Waals surface area contributed by atoms with E-state index in [9.17, 15) is 18.0 Å². The van der Waals surface area contributed by atoms with Crippen LogP contribution in [-0.2, 0) is 0 Å². The summed E-state index contributed by atoms with van der Waals surface area (Å²) < 4.78 is 48.1. The Morgan fingerprint density at radius 1 is 1.04 bits per heavy atom. The average molecular weight is 653 g/mol. The molecule has 0 spiro atoms. The van der Waals surface area contributed by atoms with Crippen molar-refractivity contribution >= 4 is 28.6 Å². The Balaban J connectivity index is 1.14. The molecular weight excluding hydrogens is 617 g/mol. The number of benzene rings is 3. The summed E-state index contributed by atoms with van der Waals surface area (Å²) in [6, 6.07) is 18.9. The molecule has 5 rings (SSSR count). The Morgan fingerprint density at radius 2 is 1.76 bits per heavy atom. The number of ether oxygens (including phenoxy) is 2. The molecule has 1 fully saturated rings. The van der Waals surface area contributed by atoms with Crippen LogP contribution in [0.5, 0.6) is 11.5 Å². The molecule has 4 aromatic rings. The van der Waals surface area contributed by atoms with Gasteiger partial charge in [-0.2, -0.15) is 4.99 Å². The number of hydrogen-bond acceptors (Lipinski definition) is 6. The van der Waals surface area contributed by atoms with Gasteiger partial charge in [0, 0.05) is 30.1 Å². The zero-order valence-electron chi connectivity index (χ0n) is 25.9. The van der Waals surface area contributed by atoms with Crippen molar-refractivity contribution in [2.75, 3.05) is 30.9 Å². The van der Waals surface area contributed by atoms with Crippen LogP contribution in [0.25, 0.3) is 17.1 Å². The van der Waals surface area contributed by atoms with Crippen molar-refractivity contribution in [3.05, 3.63) is 84.2 Å². The Kier molecular flexibility index (Phi) is 10.2. The number of urea groups is 1. The number of nitrogens with zero attached hydrogens (tertiary/aromatic N) is 5. The van der Waals surface area contributed by atoms with Gasteiger partial charge in [0.1, 0.15) is 17.8 Å². The Morgan fingerprint density at radius 3 is 2.43 bits per heavy atom. The number of anilines is 1. The molecule has 13 heteroatoms. The zero-order chi connectivity index (χ0) is 32.8. The number of alkyl halides is 3. The van der Waals surface area contributed by atoms with Gasteiger partial charge in [0.25, 0.3) is 0 Å². The number of aromatic nitrogens is 3. The molecule has 2 amide bonds. The third-order valence-corrected chi connectivity index (χ3v) is 8.50. The predicted molar refractivity (Wildman–Crippen MR) is 174 cm³/mol. The van der Waals surface area contributed by atoms with Gasteiger partial charge >= 0.3 is 12.4 Å². The summed E-state index contributed by atoms with van der Waals surface area (Å²) in [5.41, 5.74) is 4.63. The van der Waals surface area contributed by atoms with Crippen LogP contribution in [0.2, 0.25) is 0 Å². The molecular formula is C33H35F3N6O3S. The lowest BCUT2D eigenvalue weighted by Gasteiger charge is -2.23. The van der Waals surface area contributed by atoms with Gasteiger partial charge in [-0.15, -0.1) is 18.3 Å². The fourth-order valence-corrected chi connectivity index (χ4v) is 6.00. The van der Waals surface area contributed by atoms with Gasteiger partial charge in [0.15, 0.2) is 11.0 Å². The van der Waals surface area contributed by atoms with Crippen LogP contribution in [0.3, 0.4) is 0 Å². The van der Waals surface area contributed by atoms with Gasteiger partial charge in [0.2, 0.25) is 0 Å². The van der Waals surface area contributed by atoms with Gasteiger partial charge in [-0.05, 0) is 71.8 Å². The molecule has 242 valence electrons. The number of methoxy groups -OCH3 is 1. The van der Waals surface area contributed by atoms with Crippen LogP contribution >= 0.6 is 11.8 Å². The van der Waals surface area contributed by atoms with Crippen LogP contribution in [0.1, 0.15) is 50.2 Å². The Bertz CT molecular complexity index is 1670. The summed E-state index contributed by atoms with van der Waals surface area (Å²) in [5.74, 6) is 2.29. The van der Waals surface area contributed by atoms with E-state index in [1.165, 1.54) is 35.3 Å². The monoisotopic (exact) mass is 652 g/mol. The van der Waals surface area contributed by atoms with Crippen molar-refractivity contribution in [3.8, 4) is 28.6 Å². The second-order valence-electron chi connectivity index (χ2n) is 11.1. The lowest BCUT2D eigenvalue weighted by atomic mass is 9.96. The van der Waals surface area contributed by atoms with Crippen LogP contribution in [0.15, 0.2) is 78.0 Å². The second-order valence-corrected chi connectivity index (χ2v) is 12.1. The number of thioether (sulfide) groups is 1. The first-order valence-electron chi connectivity index (χ1n) is 14.8. The van der Waals surface area contributed by atoms with Crippen molar-refractivity contribution < 1.29 is 27.4 Å². The molecule has 1 aliphatic heterocycles. The first-order chi connectivity index (χ1) is 22.0. The van der Waals surface area contributed by atoms with E-state index >= 15 is 0 Å². The quantitative estimate of drug-likeness (QED) is 0.187. The van der Waals surface area contributed by atoms with E-state index in [-0.39, 0.29) is 23.6 Å². The number of hydrogen-bond donors (Lipinski definition) is 1. The molecule has 1 unspecified atom stereocenters. The smallest absolute Gasteiger partial charge is 0.497 e. The van der Waals surface area contributed by atoms with E-state index in [1.54, 1.807) is 18.9 Å². The van der Waals surface area contributed by atoms with Crippen molar-refractivity contribution in [1.29, 1.82) is 0 Å². The van der Waals surface area contributed by atoms with Gasteiger partial charge in [0.05, 0.1) is 12.8 Å². The highest BCUT2D eigenvalue weighted by molar-refractivity contribution is 8.14. The van der Waals surface area contributed by atoms with Gasteiger partial charge in [-0.1, -0.05) is 56.8 Å². The van der Waals surface area contributed by atoms with Crippen molar-refractivity contribution in [2.24, 2.45) is 4.99 Å². The third kappa shape index (κ3) is 8.19. The predicted octanol–water partition coefficient (Wildman–Crippen LogP) is 7.78. The largest absolute Gasteiger partial charge is 0.573 e. The molecule has 0 saturated carbocycles. The molecule has 9 nitrogen and oxygen atoms in total. The molecule has 1 aromatic heterocycles. The Hall–Kier alpha value is -4.52. The highest BCUT2D eigenvalue weighted by Gasteiger charge is 2.31. The lowest BCUT2D eigenvalue weighted by molar-refractivity contribution is -0.274. The summed E-state index contributed by atoms with van der Waals surface area (Å²) in [6.45, 7) is 7.62. The maximum absolute atomic E-state index is 12.8. The molecule has 2 heterocycles. The summed E-state index contributed by atoms with van der Waals surface area (Å²) in [6.07, 6.45) is -2.52. The third-order valence-electron chi connectivity index (χ3n) is 7.54. The highest BCUT2D eigenvalue weighted by atomic mass is 32.2.